The Labute approximate surface area is 216 Å². The molecule has 0 saturated carbocycles. The van der Waals surface area contributed by atoms with E-state index in [-0.39, 0.29) is 18.1 Å². The number of imidazole rings is 1. The molecule has 1 saturated heterocycles. The lowest BCUT2D eigenvalue weighted by Crippen LogP contribution is -2.28. The Morgan fingerprint density at radius 3 is 2.70 bits per heavy atom. The standard InChI is InChI=1S/C28H35N3O6/c1-17(2)37-28(35)22(27(33)34)9-7-19-8-10-24-23(13-19)29-25(21-12-18(3)26(32)30(4)15-21)31(24)14-20-6-5-11-36-16-20/h8,10,12-13,15,17,20,22H,5-7,9,11,14,16H2,1-4H3,(H,33,34)/t20?,22-/m1/s1. The first-order chi connectivity index (χ1) is 17.6. The van der Waals surface area contributed by atoms with E-state index in [0.29, 0.717) is 24.5 Å². The molecule has 0 amide bonds. The van der Waals surface area contributed by atoms with Crippen LogP contribution < -0.4 is 5.56 Å². The molecule has 9 nitrogen and oxygen atoms in total. The van der Waals surface area contributed by atoms with E-state index in [0.717, 1.165) is 54.0 Å². The molecule has 9 heteroatoms. The van der Waals surface area contributed by atoms with Gasteiger partial charge in [-0.2, -0.15) is 0 Å². The number of pyridine rings is 1. The molecule has 0 bridgehead atoms. The SMILES string of the molecule is Cc1cc(-c2nc3cc(CC[C@H](C(=O)O)C(=O)OC(C)C)ccc3n2CC2CCCOC2)cn(C)c1=O. The molecule has 2 aromatic heterocycles. The summed E-state index contributed by atoms with van der Waals surface area (Å²) < 4.78 is 14.6. The number of hydrogen-bond donors (Lipinski definition) is 1. The summed E-state index contributed by atoms with van der Waals surface area (Å²) in [6, 6.07) is 7.78. The van der Waals surface area contributed by atoms with Gasteiger partial charge in [-0.25, -0.2) is 4.98 Å². The Morgan fingerprint density at radius 2 is 2.05 bits per heavy atom. The second kappa shape index (κ2) is 11.3. The highest BCUT2D eigenvalue weighted by molar-refractivity contribution is 5.94. The zero-order chi connectivity index (χ0) is 26.7. The molecule has 1 fully saturated rings. The number of fused-ring (bicyclic) bond motifs is 1. The van der Waals surface area contributed by atoms with Gasteiger partial charge in [0.05, 0.1) is 23.7 Å². The van der Waals surface area contributed by atoms with Crippen molar-refractivity contribution < 1.29 is 24.2 Å². The van der Waals surface area contributed by atoms with E-state index in [2.05, 4.69) is 4.57 Å². The first-order valence-corrected chi connectivity index (χ1v) is 12.8. The molecule has 0 radical (unpaired) electrons. The van der Waals surface area contributed by atoms with E-state index in [9.17, 15) is 19.5 Å². The molecule has 198 valence electrons. The van der Waals surface area contributed by atoms with Crippen molar-refractivity contribution in [2.75, 3.05) is 13.2 Å². The molecule has 1 unspecified atom stereocenters. The van der Waals surface area contributed by atoms with Crippen molar-refractivity contribution in [2.45, 2.75) is 59.1 Å². The van der Waals surface area contributed by atoms with Gasteiger partial charge >= 0.3 is 11.9 Å². The largest absolute Gasteiger partial charge is 0.481 e. The summed E-state index contributed by atoms with van der Waals surface area (Å²) in [5.74, 6) is -1.97. The van der Waals surface area contributed by atoms with E-state index in [1.165, 1.54) is 0 Å². The Kier molecular flexibility index (Phi) is 8.12. The number of carbonyl (C=O) groups excluding carboxylic acids is 1. The van der Waals surface area contributed by atoms with E-state index in [4.69, 9.17) is 14.5 Å². The Morgan fingerprint density at radius 1 is 1.27 bits per heavy atom. The fourth-order valence-corrected chi connectivity index (χ4v) is 4.91. The van der Waals surface area contributed by atoms with Crippen molar-refractivity contribution in [3.05, 3.63) is 51.9 Å². The summed E-state index contributed by atoms with van der Waals surface area (Å²) in [7, 11) is 1.74. The summed E-state index contributed by atoms with van der Waals surface area (Å²) in [4.78, 5) is 41.2. The lowest BCUT2D eigenvalue weighted by atomic mass is 9.99. The fourth-order valence-electron chi connectivity index (χ4n) is 4.91. The molecule has 4 rings (SSSR count). The van der Waals surface area contributed by atoms with Crippen LogP contribution in [0.15, 0.2) is 35.3 Å². The lowest BCUT2D eigenvalue weighted by molar-refractivity contribution is -0.161. The second-order valence-electron chi connectivity index (χ2n) is 10.2. The third kappa shape index (κ3) is 6.10. The van der Waals surface area contributed by atoms with Crippen LogP contribution >= 0.6 is 0 Å². The van der Waals surface area contributed by atoms with Gasteiger partial charge in [-0.15, -0.1) is 0 Å². The van der Waals surface area contributed by atoms with Gasteiger partial charge in [0.15, 0.2) is 5.92 Å². The van der Waals surface area contributed by atoms with Gasteiger partial charge in [0, 0.05) is 43.4 Å². The van der Waals surface area contributed by atoms with Gasteiger partial charge in [0.2, 0.25) is 0 Å². The summed E-state index contributed by atoms with van der Waals surface area (Å²) in [6.45, 7) is 7.44. The van der Waals surface area contributed by atoms with E-state index in [1.807, 2.05) is 30.5 Å². The van der Waals surface area contributed by atoms with Gasteiger partial charge in [-0.1, -0.05) is 6.07 Å². The van der Waals surface area contributed by atoms with Crippen LogP contribution in [0.5, 0.6) is 0 Å². The topological polar surface area (TPSA) is 113 Å². The van der Waals surface area contributed by atoms with E-state index >= 15 is 0 Å². The first kappa shape index (κ1) is 26.6. The Balaban J connectivity index is 1.68. The molecule has 1 N–H and O–H groups in total. The maximum atomic E-state index is 12.3. The molecule has 1 aliphatic heterocycles. The van der Waals surface area contributed by atoms with E-state index < -0.39 is 17.9 Å². The van der Waals surface area contributed by atoms with Crippen molar-refractivity contribution in [3.8, 4) is 11.4 Å². The quantitative estimate of drug-likeness (QED) is 0.346. The zero-order valence-corrected chi connectivity index (χ0v) is 21.9. The third-order valence-electron chi connectivity index (χ3n) is 6.78. The van der Waals surface area contributed by atoms with Crippen molar-refractivity contribution in [2.24, 2.45) is 18.9 Å². The number of carboxylic acids is 1. The molecule has 37 heavy (non-hydrogen) atoms. The number of nitrogens with zero attached hydrogens (tertiary/aromatic N) is 3. The average Bonchev–Trinajstić information content (AvgIpc) is 3.19. The van der Waals surface area contributed by atoms with Crippen LogP contribution in [0.4, 0.5) is 0 Å². The Bertz CT molecular complexity index is 1320. The minimum absolute atomic E-state index is 0.0432. The van der Waals surface area contributed by atoms with Crippen molar-refractivity contribution in [1.29, 1.82) is 0 Å². The first-order valence-electron chi connectivity index (χ1n) is 12.8. The molecule has 1 aliphatic rings. The smallest absolute Gasteiger partial charge is 0.320 e. The van der Waals surface area contributed by atoms with Crippen LogP contribution in [0.3, 0.4) is 0 Å². The predicted octanol–water partition coefficient (Wildman–Crippen LogP) is 3.72. The van der Waals surface area contributed by atoms with E-state index in [1.54, 1.807) is 32.4 Å². The highest BCUT2D eigenvalue weighted by atomic mass is 16.5. The lowest BCUT2D eigenvalue weighted by Gasteiger charge is -2.23. The number of carbonyl (C=O) groups is 2. The number of aryl methyl sites for hydroxylation is 3. The van der Waals surface area contributed by atoms with Crippen LogP contribution in [0.2, 0.25) is 0 Å². The van der Waals surface area contributed by atoms with Crippen molar-refractivity contribution in [3.63, 3.8) is 0 Å². The minimum atomic E-state index is -1.22. The number of rotatable bonds is 9. The summed E-state index contributed by atoms with van der Waals surface area (Å²) in [5, 5.41) is 9.54. The summed E-state index contributed by atoms with van der Waals surface area (Å²) in [6.07, 6.45) is 4.08. The maximum absolute atomic E-state index is 12.3. The zero-order valence-electron chi connectivity index (χ0n) is 21.9. The van der Waals surface area contributed by atoms with Gasteiger partial charge in [0.25, 0.3) is 5.56 Å². The van der Waals surface area contributed by atoms with Crippen LogP contribution in [0, 0.1) is 18.8 Å². The van der Waals surface area contributed by atoms with Crippen LogP contribution in [0.1, 0.15) is 44.2 Å². The van der Waals surface area contributed by atoms with Crippen LogP contribution in [0.25, 0.3) is 22.4 Å². The number of esters is 1. The molecular formula is C28H35N3O6. The van der Waals surface area contributed by atoms with Crippen molar-refractivity contribution >= 4 is 23.0 Å². The normalized spacial score (nSPS) is 16.7. The fraction of sp³-hybridized carbons (Fsp3) is 0.500. The van der Waals surface area contributed by atoms with Gasteiger partial charge in [0.1, 0.15) is 5.82 Å². The summed E-state index contributed by atoms with van der Waals surface area (Å²) in [5.41, 5.74) is 4.10. The molecule has 0 aliphatic carbocycles. The number of benzene rings is 1. The average molecular weight is 510 g/mol. The molecule has 3 heterocycles. The van der Waals surface area contributed by atoms with Gasteiger partial charge < -0.3 is 23.7 Å². The number of ether oxygens (including phenoxy) is 2. The molecule has 2 atom stereocenters. The second-order valence-corrected chi connectivity index (χ2v) is 10.2. The summed E-state index contributed by atoms with van der Waals surface area (Å²) >= 11 is 0. The van der Waals surface area contributed by atoms with Gasteiger partial charge in [-0.3, -0.25) is 14.4 Å². The van der Waals surface area contributed by atoms with Gasteiger partial charge in [-0.05, 0) is 70.2 Å². The number of hydrogen-bond acceptors (Lipinski definition) is 6. The third-order valence-corrected chi connectivity index (χ3v) is 6.78. The predicted molar refractivity (Wildman–Crippen MR) is 139 cm³/mol. The number of aromatic nitrogens is 3. The molecule has 3 aromatic rings. The van der Waals surface area contributed by atoms with Crippen molar-refractivity contribution in [1.82, 2.24) is 14.1 Å². The van der Waals surface area contributed by atoms with Crippen LogP contribution in [-0.2, 0) is 39.1 Å². The monoisotopic (exact) mass is 509 g/mol. The molecule has 0 spiro atoms. The van der Waals surface area contributed by atoms with Crippen LogP contribution in [-0.4, -0.2) is 50.5 Å². The maximum Gasteiger partial charge on any atom is 0.320 e. The Hall–Kier alpha value is -3.46. The highest BCUT2D eigenvalue weighted by Crippen LogP contribution is 2.29. The number of aliphatic carboxylic acids is 1. The molecular weight excluding hydrogens is 474 g/mol. The minimum Gasteiger partial charge on any atom is -0.481 e. The number of carboxylic acid groups (broad SMARTS) is 1. The molecule has 1 aromatic carbocycles. The highest BCUT2D eigenvalue weighted by Gasteiger charge is 2.28.